The molecular weight excluding hydrogens is 269 g/mol. The van der Waals surface area contributed by atoms with Crippen LogP contribution in [-0.2, 0) is 13.1 Å². The molecule has 1 heterocycles. The van der Waals surface area contributed by atoms with E-state index in [4.69, 9.17) is 23.2 Å². The lowest BCUT2D eigenvalue weighted by atomic mass is 10.2. The van der Waals surface area contributed by atoms with Gasteiger partial charge in [-0.2, -0.15) is 5.10 Å². The minimum absolute atomic E-state index is 0.289. The number of nitrogens with zero attached hydrogens (tertiary/aromatic N) is 2. The van der Waals surface area contributed by atoms with Crippen LogP contribution in [0.25, 0.3) is 0 Å². The molecule has 3 nitrogen and oxygen atoms in total. The summed E-state index contributed by atoms with van der Waals surface area (Å²) in [5, 5.41) is 8.95. The highest BCUT2D eigenvalue weighted by Crippen LogP contribution is 2.23. The molecule has 1 unspecified atom stereocenters. The summed E-state index contributed by atoms with van der Waals surface area (Å²) in [7, 11) is 0. The third-order valence-electron chi connectivity index (χ3n) is 2.71. The SMILES string of the molecule is CC(Cn1cccn1)NCc1c(Cl)cccc1Cl. The monoisotopic (exact) mass is 283 g/mol. The van der Waals surface area contributed by atoms with Crippen molar-refractivity contribution >= 4 is 23.2 Å². The average Bonchev–Trinajstić information content (AvgIpc) is 2.81. The lowest BCUT2D eigenvalue weighted by molar-refractivity contribution is 0.451. The van der Waals surface area contributed by atoms with E-state index >= 15 is 0 Å². The van der Waals surface area contributed by atoms with Crippen LogP contribution >= 0.6 is 23.2 Å². The second-order valence-electron chi connectivity index (χ2n) is 4.21. The fourth-order valence-electron chi connectivity index (χ4n) is 1.73. The Kier molecular flexibility index (Phi) is 4.64. The first kappa shape index (κ1) is 13.4. The summed E-state index contributed by atoms with van der Waals surface area (Å²) in [5.74, 6) is 0. The number of aromatic nitrogens is 2. The molecule has 0 aliphatic heterocycles. The highest BCUT2D eigenvalue weighted by molar-refractivity contribution is 6.35. The van der Waals surface area contributed by atoms with Crippen molar-refractivity contribution < 1.29 is 0 Å². The predicted octanol–water partition coefficient (Wildman–Crippen LogP) is 3.37. The van der Waals surface area contributed by atoms with Gasteiger partial charge in [-0.15, -0.1) is 0 Å². The molecule has 1 atom stereocenters. The maximum Gasteiger partial charge on any atom is 0.0560 e. The smallest absolute Gasteiger partial charge is 0.0560 e. The van der Waals surface area contributed by atoms with E-state index in [9.17, 15) is 0 Å². The highest BCUT2D eigenvalue weighted by atomic mass is 35.5. The summed E-state index contributed by atoms with van der Waals surface area (Å²) < 4.78 is 1.89. The fourth-order valence-corrected chi connectivity index (χ4v) is 2.26. The van der Waals surface area contributed by atoms with E-state index in [1.54, 1.807) is 6.20 Å². The van der Waals surface area contributed by atoms with Crippen molar-refractivity contribution in [1.29, 1.82) is 0 Å². The molecule has 2 aromatic rings. The molecule has 0 radical (unpaired) electrons. The molecule has 5 heteroatoms. The number of hydrogen-bond donors (Lipinski definition) is 1. The molecular formula is C13H15Cl2N3. The number of nitrogens with one attached hydrogen (secondary N) is 1. The van der Waals surface area contributed by atoms with E-state index in [1.165, 1.54) is 0 Å². The van der Waals surface area contributed by atoms with Crippen molar-refractivity contribution in [3.8, 4) is 0 Å². The van der Waals surface area contributed by atoms with Gasteiger partial charge in [-0.1, -0.05) is 29.3 Å². The zero-order valence-electron chi connectivity index (χ0n) is 10.1. The Hall–Kier alpha value is -1.03. The quantitative estimate of drug-likeness (QED) is 0.912. The van der Waals surface area contributed by atoms with Crippen molar-refractivity contribution in [3.05, 3.63) is 52.3 Å². The highest BCUT2D eigenvalue weighted by Gasteiger charge is 2.08. The molecule has 1 aromatic heterocycles. The minimum Gasteiger partial charge on any atom is -0.308 e. The molecule has 0 saturated heterocycles. The summed E-state index contributed by atoms with van der Waals surface area (Å²) >= 11 is 12.2. The van der Waals surface area contributed by atoms with Crippen molar-refractivity contribution in [2.75, 3.05) is 0 Å². The topological polar surface area (TPSA) is 29.9 Å². The number of rotatable bonds is 5. The second kappa shape index (κ2) is 6.23. The largest absolute Gasteiger partial charge is 0.308 e. The van der Waals surface area contributed by atoms with Gasteiger partial charge in [-0.25, -0.2) is 0 Å². The molecule has 0 bridgehead atoms. The van der Waals surface area contributed by atoms with Gasteiger partial charge in [0.25, 0.3) is 0 Å². The predicted molar refractivity (Wildman–Crippen MR) is 75.0 cm³/mol. The van der Waals surface area contributed by atoms with Gasteiger partial charge in [0.05, 0.1) is 6.54 Å². The van der Waals surface area contributed by atoms with Gasteiger partial charge in [0.15, 0.2) is 0 Å². The minimum atomic E-state index is 0.289. The maximum atomic E-state index is 6.11. The third-order valence-corrected chi connectivity index (χ3v) is 3.42. The Balaban J connectivity index is 1.91. The molecule has 0 aliphatic rings. The van der Waals surface area contributed by atoms with Crippen LogP contribution in [0.3, 0.4) is 0 Å². The van der Waals surface area contributed by atoms with Crippen LogP contribution in [0.15, 0.2) is 36.7 Å². The van der Waals surface area contributed by atoms with Crippen molar-refractivity contribution in [1.82, 2.24) is 15.1 Å². The molecule has 2 rings (SSSR count). The van der Waals surface area contributed by atoms with E-state index in [0.29, 0.717) is 16.6 Å². The van der Waals surface area contributed by atoms with E-state index in [0.717, 1.165) is 12.1 Å². The van der Waals surface area contributed by atoms with Crippen molar-refractivity contribution in [2.24, 2.45) is 0 Å². The zero-order valence-corrected chi connectivity index (χ0v) is 11.6. The van der Waals surface area contributed by atoms with Crippen LogP contribution in [0.1, 0.15) is 12.5 Å². The van der Waals surface area contributed by atoms with E-state index in [-0.39, 0.29) is 6.04 Å². The van der Waals surface area contributed by atoms with Crippen LogP contribution in [0.4, 0.5) is 0 Å². The Morgan fingerprint density at radius 2 is 2.00 bits per heavy atom. The molecule has 0 aliphatic carbocycles. The summed E-state index contributed by atoms with van der Waals surface area (Å²) in [6.07, 6.45) is 3.72. The van der Waals surface area contributed by atoms with Gasteiger partial charge in [-0.3, -0.25) is 4.68 Å². The first-order chi connectivity index (χ1) is 8.66. The number of halogens is 2. The van der Waals surface area contributed by atoms with Gasteiger partial charge >= 0.3 is 0 Å². The Morgan fingerprint density at radius 3 is 2.61 bits per heavy atom. The fraction of sp³-hybridized carbons (Fsp3) is 0.308. The van der Waals surface area contributed by atoms with Crippen LogP contribution < -0.4 is 5.32 Å². The van der Waals surface area contributed by atoms with Gasteiger partial charge in [0.2, 0.25) is 0 Å². The molecule has 1 N–H and O–H groups in total. The van der Waals surface area contributed by atoms with Crippen molar-refractivity contribution in [2.45, 2.75) is 26.1 Å². The standard InChI is InChI=1S/C13H15Cl2N3/c1-10(9-18-7-3-6-17-18)16-8-11-12(14)4-2-5-13(11)15/h2-7,10,16H,8-9H2,1H3. The summed E-state index contributed by atoms with van der Waals surface area (Å²) in [5.41, 5.74) is 0.938. The summed E-state index contributed by atoms with van der Waals surface area (Å²) in [6, 6.07) is 7.75. The molecule has 0 saturated carbocycles. The van der Waals surface area contributed by atoms with E-state index in [2.05, 4.69) is 17.3 Å². The normalized spacial score (nSPS) is 12.6. The van der Waals surface area contributed by atoms with Crippen LogP contribution in [0, 0.1) is 0 Å². The van der Waals surface area contributed by atoms with E-state index < -0.39 is 0 Å². The Morgan fingerprint density at radius 1 is 1.28 bits per heavy atom. The summed E-state index contributed by atoms with van der Waals surface area (Å²) in [4.78, 5) is 0. The number of benzene rings is 1. The van der Waals surface area contributed by atoms with Gasteiger partial charge in [-0.05, 0) is 25.1 Å². The first-order valence-corrected chi connectivity index (χ1v) is 6.56. The van der Waals surface area contributed by atoms with Crippen LogP contribution in [0.5, 0.6) is 0 Å². The maximum absolute atomic E-state index is 6.11. The van der Waals surface area contributed by atoms with Gasteiger partial charge in [0, 0.05) is 40.6 Å². The van der Waals surface area contributed by atoms with E-state index in [1.807, 2.05) is 35.1 Å². The zero-order chi connectivity index (χ0) is 13.0. The third kappa shape index (κ3) is 3.48. The Labute approximate surface area is 117 Å². The molecule has 0 spiro atoms. The summed E-state index contributed by atoms with van der Waals surface area (Å²) in [6.45, 7) is 3.57. The van der Waals surface area contributed by atoms with Crippen molar-refractivity contribution in [3.63, 3.8) is 0 Å². The molecule has 0 fully saturated rings. The molecule has 18 heavy (non-hydrogen) atoms. The molecule has 0 amide bonds. The number of hydrogen-bond acceptors (Lipinski definition) is 2. The molecule has 96 valence electrons. The lowest BCUT2D eigenvalue weighted by Gasteiger charge is -2.15. The second-order valence-corrected chi connectivity index (χ2v) is 5.02. The molecule has 1 aromatic carbocycles. The average molecular weight is 284 g/mol. The first-order valence-electron chi connectivity index (χ1n) is 5.80. The Bertz CT molecular complexity index is 477. The van der Waals surface area contributed by atoms with Crippen LogP contribution in [0.2, 0.25) is 10.0 Å². The lowest BCUT2D eigenvalue weighted by Crippen LogP contribution is -2.30. The van der Waals surface area contributed by atoms with Gasteiger partial charge in [0.1, 0.15) is 0 Å². The van der Waals surface area contributed by atoms with Crippen LogP contribution in [-0.4, -0.2) is 15.8 Å². The van der Waals surface area contributed by atoms with Gasteiger partial charge < -0.3 is 5.32 Å².